The van der Waals surface area contributed by atoms with Gasteiger partial charge < -0.3 is 19.9 Å². The zero-order valence-electron chi connectivity index (χ0n) is 23.7. The molecule has 41 heavy (non-hydrogen) atoms. The summed E-state index contributed by atoms with van der Waals surface area (Å²) in [5.41, 5.74) is 5.64. The maximum Gasteiger partial charge on any atom is 0.410 e. The monoisotopic (exact) mass is 551 g/mol. The Hall–Kier alpha value is -4.80. The van der Waals surface area contributed by atoms with Gasteiger partial charge in [0.1, 0.15) is 29.9 Å². The quantitative estimate of drug-likeness (QED) is 0.330. The summed E-state index contributed by atoms with van der Waals surface area (Å²) in [5, 5.41) is 8.54. The van der Waals surface area contributed by atoms with Crippen LogP contribution in [0.25, 0.3) is 16.6 Å². The van der Waals surface area contributed by atoms with Gasteiger partial charge in [0.15, 0.2) is 5.65 Å². The number of benzene rings is 1. The molecule has 0 saturated carbocycles. The lowest BCUT2D eigenvalue weighted by Crippen LogP contribution is -2.50. The molecular weight excluding hydrogens is 518 g/mol. The molecule has 1 aliphatic heterocycles. The average molecular weight is 552 g/mol. The third-order valence-electron chi connectivity index (χ3n) is 7.11. The van der Waals surface area contributed by atoms with E-state index >= 15 is 0 Å². The van der Waals surface area contributed by atoms with Gasteiger partial charge in [0.25, 0.3) is 0 Å². The van der Waals surface area contributed by atoms with E-state index in [-0.39, 0.29) is 6.09 Å². The van der Waals surface area contributed by atoms with Crippen LogP contribution in [0, 0.1) is 6.92 Å². The van der Waals surface area contributed by atoms with Crippen LogP contribution in [0.15, 0.2) is 61.4 Å². The Morgan fingerprint density at radius 3 is 2.59 bits per heavy atom. The van der Waals surface area contributed by atoms with Gasteiger partial charge in [-0.05, 0) is 81.1 Å². The Kier molecular flexibility index (Phi) is 6.86. The lowest BCUT2D eigenvalue weighted by atomic mass is 10.0. The highest BCUT2D eigenvalue weighted by Gasteiger charge is 2.26. The maximum atomic E-state index is 12.5. The minimum absolute atomic E-state index is 0.277. The first-order chi connectivity index (χ1) is 19.7. The minimum atomic E-state index is -0.510. The molecule has 0 atom stereocenters. The molecule has 1 fully saturated rings. The van der Waals surface area contributed by atoms with Crippen molar-refractivity contribution in [2.75, 3.05) is 36.4 Å². The van der Waals surface area contributed by atoms with Gasteiger partial charge in [-0.1, -0.05) is 6.07 Å². The molecule has 1 N–H and O–H groups in total. The van der Waals surface area contributed by atoms with Gasteiger partial charge in [0, 0.05) is 43.4 Å². The van der Waals surface area contributed by atoms with E-state index in [0.29, 0.717) is 26.2 Å². The normalized spacial score (nSPS) is 14.0. The van der Waals surface area contributed by atoms with Crippen LogP contribution in [-0.2, 0) is 11.2 Å². The van der Waals surface area contributed by atoms with Crippen molar-refractivity contribution in [1.29, 1.82) is 0 Å². The van der Waals surface area contributed by atoms with E-state index in [1.54, 1.807) is 28.3 Å². The van der Waals surface area contributed by atoms with Crippen molar-refractivity contribution >= 4 is 40.0 Å². The van der Waals surface area contributed by atoms with Crippen LogP contribution >= 0.6 is 0 Å². The number of nitrogens with zero attached hydrogens (tertiary/aromatic N) is 8. The van der Waals surface area contributed by atoms with Gasteiger partial charge in [0.2, 0.25) is 0 Å². The first-order valence-corrected chi connectivity index (χ1v) is 13.7. The maximum absolute atomic E-state index is 12.5. The lowest BCUT2D eigenvalue weighted by molar-refractivity contribution is 0.0240. The smallest absolute Gasteiger partial charge is 0.410 e. The summed E-state index contributed by atoms with van der Waals surface area (Å²) in [6.07, 6.45) is 7.36. The average Bonchev–Trinajstić information content (AvgIpc) is 3.42. The number of carbonyl (C=O) groups excluding carboxylic acids is 1. The van der Waals surface area contributed by atoms with Crippen LogP contribution in [0.5, 0.6) is 0 Å². The fourth-order valence-electron chi connectivity index (χ4n) is 4.96. The molecule has 11 heteroatoms. The molecule has 4 aromatic heterocycles. The zero-order valence-corrected chi connectivity index (χ0v) is 23.7. The van der Waals surface area contributed by atoms with Gasteiger partial charge >= 0.3 is 6.09 Å². The van der Waals surface area contributed by atoms with Gasteiger partial charge in [-0.3, -0.25) is 0 Å². The van der Waals surface area contributed by atoms with Crippen molar-refractivity contribution in [2.45, 2.75) is 39.7 Å². The number of rotatable bonds is 5. The number of fused-ring (bicyclic) bond motifs is 2. The molecule has 5 heterocycles. The summed E-state index contributed by atoms with van der Waals surface area (Å²) >= 11 is 0. The summed E-state index contributed by atoms with van der Waals surface area (Å²) in [5.74, 6) is 1.55. The Bertz CT molecular complexity index is 1720. The molecule has 1 amide bonds. The molecule has 11 nitrogen and oxygen atoms in total. The van der Waals surface area contributed by atoms with E-state index in [9.17, 15) is 4.79 Å². The second-order valence-corrected chi connectivity index (χ2v) is 11.3. The number of aromatic nitrogens is 6. The lowest BCUT2D eigenvalue weighted by Gasteiger charge is -2.36. The second-order valence-electron chi connectivity index (χ2n) is 11.3. The van der Waals surface area contributed by atoms with Crippen LogP contribution in [0.4, 0.5) is 22.1 Å². The Morgan fingerprint density at radius 1 is 0.976 bits per heavy atom. The predicted octanol–water partition coefficient (Wildman–Crippen LogP) is 4.77. The first-order valence-electron chi connectivity index (χ1n) is 13.7. The number of ether oxygens (including phenoxy) is 1. The number of amides is 1. The molecule has 0 radical (unpaired) electrons. The van der Waals surface area contributed by atoms with E-state index in [4.69, 9.17) is 4.74 Å². The van der Waals surface area contributed by atoms with Crippen LogP contribution in [0.2, 0.25) is 0 Å². The highest BCUT2D eigenvalue weighted by molar-refractivity contribution is 5.92. The molecule has 0 aliphatic carbocycles. The van der Waals surface area contributed by atoms with E-state index in [2.05, 4.69) is 72.5 Å². The Labute approximate surface area is 238 Å². The number of pyridine rings is 2. The number of hydrogen-bond donors (Lipinski definition) is 1. The van der Waals surface area contributed by atoms with Crippen molar-refractivity contribution in [1.82, 2.24) is 34.4 Å². The van der Waals surface area contributed by atoms with Gasteiger partial charge in [-0.2, -0.15) is 5.10 Å². The molecule has 1 saturated heterocycles. The minimum Gasteiger partial charge on any atom is -0.444 e. The van der Waals surface area contributed by atoms with Crippen molar-refractivity contribution < 1.29 is 9.53 Å². The van der Waals surface area contributed by atoms with Crippen molar-refractivity contribution in [2.24, 2.45) is 0 Å². The number of aryl methyl sites for hydroxylation is 1. The van der Waals surface area contributed by atoms with Crippen LogP contribution in [0.3, 0.4) is 0 Å². The fourth-order valence-corrected chi connectivity index (χ4v) is 4.96. The third-order valence-corrected chi connectivity index (χ3v) is 7.11. The highest BCUT2D eigenvalue weighted by Crippen LogP contribution is 2.28. The number of nitrogens with one attached hydrogen (secondary N) is 1. The van der Waals surface area contributed by atoms with Gasteiger partial charge in [0.05, 0.1) is 11.7 Å². The zero-order chi connectivity index (χ0) is 28.6. The van der Waals surface area contributed by atoms with Crippen LogP contribution in [-0.4, -0.2) is 72.3 Å². The largest absolute Gasteiger partial charge is 0.444 e. The predicted molar refractivity (Wildman–Crippen MR) is 158 cm³/mol. The summed E-state index contributed by atoms with van der Waals surface area (Å²) in [6, 6.07) is 12.5. The van der Waals surface area contributed by atoms with Crippen molar-refractivity contribution in [3.05, 3.63) is 78.1 Å². The molecule has 1 aromatic carbocycles. The fraction of sp³-hybridized carbons (Fsp3) is 0.333. The molecule has 0 unspecified atom stereocenters. The Balaban J connectivity index is 1.17. The summed E-state index contributed by atoms with van der Waals surface area (Å²) in [4.78, 5) is 34.3. The van der Waals surface area contributed by atoms with E-state index in [0.717, 1.165) is 40.3 Å². The number of piperazine rings is 1. The van der Waals surface area contributed by atoms with E-state index in [1.165, 1.54) is 16.7 Å². The summed E-state index contributed by atoms with van der Waals surface area (Å²) < 4.78 is 7.29. The molecule has 1 aliphatic rings. The topological polar surface area (TPSA) is 114 Å². The van der Waals surface area contributed by atoms with Crippen molar-refractivity contribution in [3.8, 4) is 0 Å². The van der Waals surface area contributed by atoms with E-state index in [1.807, 2.05) is 33.0 Å². The number of hydrogen-bond acceptors (Lipinski definition) is 9. The Morgan fingerprint density at radius 2 is 1.80 bits per heavy atom. The molecule has 0 bridgehead atoms. The second kappa shape index (κ2) is 10.6. The first kappa shape index (κ1) is 26.4. The number of anilines is 3. The number of carbonyl (C=O) groups is 1. The molecular formula is C30H33N9O2. The van der Waals surface area contributed by atoms with Crippen LogP contribution < -0.4 is 10.2 Å². The molecule has 5 aromatic rings. The van der Waals surface area contributed by atoms with Gasteiger partial charge in [-0.25, -0.2) is 29.2 Å². The third kappa shape index (κ3) is 5.88. The van der Waals surface area contributed by atoms with Crippen LogP contribution in [0.1, 0.15) is 37.5 Å². The molecule has 210 valence electrons. The van der Waals surface area contributed by atoms with Crippen molar-refractivity contribution in [3.63, 3.8) is 0 Å². The SMILES string of the molecule is Cc1cc(Nc2ncnc3cnc(N4CCN(C(=O)OC(C)(C)C)CC4)cc23)ccc1Cc1ccn2ncnc2c1. The van der Waals surface area contributed by atoms with E-state index < -0.39 is 5.60 Å². The van der Waals surface area contributed by atoms with Gasteiger partial charge in [-0.15, -0.1) is 0 Å². The molecule has 6 rings (SSSR count). The molecule has 0 spiro atoms. The summed E-state index contributed by atoms with van der Waals surface area (Å²) in [6.45, 7) is 10.2. The summed E-state index contributed by atoms with van der Waals surface area (Å²) in [7, 11) is 0. The highest BCUT2D eigenvalue weighted by atomic mass is 16.6. The standard InChI is InChI=1S/C30H33N9O2/c1-20-13-23(6-5-22(20)14-21-7-8-39-27(15-21)33-19-35-39)36-28-24-16-26(31-17-25(24)32-18-34-28)37-9-11-38(12-10-37)29(40)41-30(2,3)4/h5-8,13,15-19H,9-12,14H2,1-4H3,(H,32,34,36).